The van der Waals surface area contributed by atoms with E-state index in [1.54, 1.807) is 42.5 Å². The van der Waals surface area contributed by atoms with E-state index < -0.39 is 11.9 Å². The normalized spacial score (nSPS) is 12.5. The molecule has 2 N–H and O–H groups in total. The summed E-state index contributed by atoms with van der Waals surface area (Å²) in [4.78, 5) is 35.7. The summed E-state index contributed by atoms with van der Waals surface area (Å²) >= 11 is 0. The van der Waals surface area contributed by atoms with Gasteiger partial charge in [0.2, 0.25) is 0 Å². The summed E-state index contributed by atoms with van der Waals surface area (Å²) in [7, 11) is 1.27. The Labute approximate surface area is 137 Å². The van der Waals surface area contributed by atoms with E-state index in [0.717, 1.165) is 0 Å². The smallest absolute Gasteiger partial charge is 0.339 e. The molecule has 0 saturated carbocycles. The Morgan fingerprint density at radius 1 is 1.12 bits per heavy atom. The Kier molecular flexibility index (Phi) is 4.15. The van der Waals surface area contributed by atoms with Crippen molar-refractivity contribution in [3.05, 3.63) is 53.6 Å². The molecule has 0 fully saturated rings. The van der Waals surface area contributed by atoms with Crippen LogP contribution in [-0.2, 0) is 9.53 Å². The molecule has 2 aromatic carbocycles. The molecular formula is C17H14N2O5. The molecule has 1 aliphatic heterocycles. The van der Waals surface area contributed by atoms with Crippen LogP contribution in [0.15, 0.2) is 42.5 Å². The van der Waals surface area contributed by atoms with E-state index in [4.69, 9.17) is 9.47 Å². The number of esters is 1. The highest BCUT2D eigenvalue weighted by Gasteiger charge is 2.23. The number of para-hydroxylation sites is 2. The lowest BCUT2D eigenvalue weighted by Gasteiger charge is -2.20. The summed E-state index contributed by atoms with van der Waals surface area (Å²) in [6.07, 6.45) is 0. The highest BCUT2D eigenvalue weighted by atomic mass is 16.5. The number of rotatable bonds is 3. The predicted octanol–water partition coefficient (Wildman–Crippen LogP) is 2.06. The second kappa shape index (κ2) is 6.41. The molecule has 0 spiro atoms. The lowest BCUT2D eigenvalue weighted by molar-refractivity contribution is -0.118. The van der Waals surface area contributed by atoms with E-state index >= 15 is 0 Å². The van der Waals surface area contributed by atoms with Crippen molar-refractivity contribution in [3.63, 3.8) is 0 Å². The zero-order valence-corrected chi connectivity index (χ0v) is 12.8. The van der Waals surface area contributed by atoms with Crippen LogP contribution in [0.2, 0.25) is 0 Å². The maximum atomic E-state index is 12.6. The van der Waals surface area contributed by atoms with Crippen LogP contribution >= 0.6 is 0 Å². The number of hydrogen-bond donors (Lipinski definition) is 2. The number of carbonyl (C=O) groups is 3. The van der Waals surface area contributed by atoms with E-state index in [2.05, 4.69) is 10.6 Å². The van der Waals surface area contributed by atoms with E-state index in [-0.39, 0.29) is 23.6 Å². The number of anilines is 2. The minimum absolute atomic E-state index is 0.157. The van der Waals surface area contributed by atoms with Crippen LogP contribution in [-0.4, -0.2) is 31.5 Å². The van der Waals surface area contributed by atoms with Crippen molar-refractivity contribution >= 4 is 29.2 Å². The van der Waals surface area contributed by atoms with Gasteiger partial charge < -0.3 is 20.1 Å². The molecule has 0 unspecified atom stereocenters. The lowest BCUT2D eigenvalue weighted by atomic mass is 10.1. The molecule has 0 saturated heterocycles. The van der Waals surface area contributed by atoms with Gasteiger partial charge in [-0.05, 0) is 24.3 Å². The first-order valence-electron chi connectivity index (χ1n) is 7.14. The number of amides is 2. The monoisotopic (exact) mass is 326 g/mol. The molecule has 1 heterocycles. The van der Waals surface area contributed by atoms with Gasteiger partial charge in [0.05, 0.1) is 29.6 Å². The van der Waals surface area contributed by atoms with Crippen LogP contribution in [0, 0.1) is 0 Å². The van der Waals surface area contributed by atoms with Crippen LogP contribution in [0.3, 0.4) is 0 Å². The maximum absolute atomic E-state index is 12.6. The average molecular weight is 326 g/mol. The molecule has 0 atom stereocenters. The van der Waals surface area contributed by atoms with Crippen molar-refractivity contribution in [2.24, 2.45) is 0 Å². The third-order valence-corrected chi connectivity index (χ3v) is 3.46. The molecule has 3 rings (SSSR count). The Morgan fingerprint density at radius 2 is 1.88 bits per heavy atom. The van der Waals surface area contributed by atoms with Gasteiger partial charge in [-0.15, -0.1) is 0 Å². The Bertz CT molecular complexity index is 831. The molecule has 0 aliphatic carbocycles. The fourth-order valence-electron chi connectivity index (χ4n) is 2.36. The molecule has 122 valence electrons. The maximum Gasteiger partial charge on any atom is 0.339 e. The Balaban J connectivity index is 1.91. The van der Waals surface area contributed by atoms with Gasteiger partial charge in [-0.2, -0.15) is 0 Å². The number of hydrogen-bond acceptors (Lipinski definition) is 5. The Morgan fingerprint density at radius 3 is 2.67 bits per heavy atom. The van der Waals surface area contributed by atoms with Gasteiger partial charge in [-0.25, -0.2) is 4.79 Å². The Hall–Kier alpha value is -3.35. The second-order valence-corrected chi connectivity index (χ2v) is 5.01. The molecule has 0 bridgehead atoms. The molecule has 7 heteroatoms. The molecule has 0 aromatic heterocycles. The van der Waals surface area contributed by atoms with Crippen molar-refractivity contribution in [1.82, 2.24) is 0 Å². The van der Waals surface area contributed by atoms with Crippen molar-refractivity contribution in [2.75, 3.05) is 24.4 Å². The van der Waals surface area contributed by atoms with Gasteiger partial charge >= 0.3 is 5.97 Å². The largest absolute Gasteiger partial charge is 0.481 e. The van der Waals surface area contributed by atoms with Crippen LogP contribution in [0.4, 0.5) is 11.4 Å². The molecule has 2 aromatic rings. The van der Waals surface area contributed by atoms with Crippen molar-refractivity contribution in [2.45, 2.75) is 0 Å². The average Bonchev–Trinajstić information content (AvgIpc) is 2.60. The van der Waals surface area contributed by atoms with E-state index in [1.165, 1.54) is 7.11 Å². The van der Waals surface area contributed by atoms with Gasteiger partial charge in [0.1, 0.15) is 0 Å². The molecule has 2 amide bonds. The first-order chi connectivity index (χ1) is 11.6. The van der Waals surface area contributed by atoms with Crippen LogP contribution in [0.25, 0.3) is 0 Å². The number of benzene rings is 2. The molecular weight excluding hydrogens is 312 g/mol. The first kappa shape index (κ1) is 15.5. The number of carbonyl (C=O) groups excluding carboxylic acids is 3. The SMILES string of the molecule is COC(=O)c1ccccc1NC(=O)c1cccc2c1OCC(=O)N2. The summed E-state index contributed by atoms with van der Waals surface area (Å²) < 4.78 is 10.1. The standard InChI is InChI=1S/C17H14N2O5/c1-23-17(22)10-5-2-3-7-12(10)19-16(21)11-6-4-8-13-15(11)24-9-14(20)18-13/h2-8H,9H2,1H3,(H,18,20)(H,19,21). The highest BCUT2D eigenvalue weighted by Crippen LogP contribution is 2.32. The zero-order chi connectivity index (χ0) is 17.1. The van der Waals surface area contributed by atoms with E-state index in [9.17, 15) is 14.4 Å². The van der Waals surface area contributed by atoms with Gasteiger partial charge in [0, 0.05) is 0 Å². The first-order valence-corrected chi connectivity index (χ1v) is 7.14. The molecule has 7 nitrogen and oxygen atoms in total. The summed E-state index contributed by atoms with van der Waals surface area (Å²) in [6.45, 7) is -0.157. The molecule has 24 heavy (non-hydrogen) atoms. The van der Waals surface area contributed by atoms with Crippen LogP contribution in [0.5, 0.6) is 5.75 Å². The van der Waals surface area contributed by atoms with E-state index in [0.29, 0.717) is 17.1 Å². The summed E-state index contributed by atoms with van der Waals surface area (Å²) in [5.41, 5.74) is 1.26. The van der Waals surface area contributed by atoms with Crippen molar-refractivity contribution in [3.8, 4) is 5.75 Å². The van der Waals surface area contributed by atoms with Gasteiger partial charge in [0.15, 0.2) is 12.4 Å². The van der Waals surface area contributed by atoms with Crippen LogP contribution in [0.1, 0.15) is 20.7 Å². The van der Waals surface area contributed by atoms with Gasteiger partial charge in [-0.1, -0.05) is 18.2 Å². The van der Waals surface area contributed by atoms with Crippen molar-refractivity contribution in [1.29, 1.82) is 0 Å². The fourth-order valence-corrected chi connectivity index (χ4v) is 2.36. The number of nitrogens with one attached hydrogen (secondary N) is 2. The summed E-state index contributed by atoms with van der Waals surface area (Å²) in [6, 6.07) is 11.4. The summed E-state index contributed by atoms with van der Waals surface area (Å²) in [5.74, 6) is -0.995. The summed E-state index contributed by atoms with van der Waals surface area (Å²) in [5, 5.41) is 5.31. The van der Waals surface area contributed by atoms with Crippen LogP contribution < -0.4 is 15.4 Å². The third kappa shape index (κ3) is 2.91. The van der Waals surface area contributed by atoms with Gasteiger partial charge in [-0.3, -0.25) is 9.59 Å². The number of methoxy groups -OCH3 is 1. The fraction of sp³-hybridized carbons (Fsp3) is 0.118. The molecule has 0 radical (unpaired) electrons. The second-order valence-electron chi connectivity index (χ2n) is 5.01. The zero-order valence-electron chi connectivity index (χ0n) is 12.8. The number of fused-ring (bicyclic) bond motifs is 1. The topological polar surface area (TPSA) is 93.7 Å². The van der Waals surface area contributed by atoms with E-state index in [1.807, 2.05) is 0 Å². The van der Waals surface area contributed by atoms with Crippen molar-refractivity contribution < 1.29 is 23.9 Å². The minimum atomic E-state index is -0.551. The quantitative estimate of drug-likeness (QED) is 0.842. The predicted molar refractivity (Wildman–Crippen MR) is 86.3 cm³/mol. The van der Waals surface area contributed by atoms with Gasteiger partial charge in [0.25, 0.3) is 11.8 Å². The lowest BCUT2D eigenvalue weighted by Crippen LogP contribution is -2.27. The number of ether oxygens (including phenoxy) is 2. The third-order valence-electron chi connectivity index (χ3n) is 3.46. The molecule has 1 aliphatic rings. The minimum Gasteiger partial charge on any atom is -0.481 e. The highest BCUT2D eigenvalue weighted by molar-refractivity contribution is 6.11.